The summed E-state index contributed by atoms with van der Waals surface area (Å²) >= 11 is 0. The fraction of sp³-hybridized carbons (Fsp3) is 0.526. The molecule has 1 aliphatic heterocycles. The lowest BCUT2D eigenvalue weighted by Crippen LogP contribution is -2.45. The van der Waals surface area contributed by atoms with E-state index in [1.165, 1.54) is 0 Å². The van der Waals surface area contributed by atoms with Crippen LogP contribution in [0.25, 0.3) is 11.1 Å². The molecule has 1 atom stereocenters. The highest BCUT2D eigenvalue weighted by atomic mass is 16.3. The number of hydrogen-bond donors (Lipinski definition) is 2. The Balaban J connectivity index is 1.42. The molecule has 7 heteroatoms. The first-order valence-corrected chi connectivity index (χ1v) is 9.15. The third kappa shape index (κ3) is 4.82. The Labute approximate surface area is 152 Å². The number of nitrogens with zero attached hydrogens (tertiary/aromatic N) is 2. The van der Waals surface area contributed by atoms with E-state index in [-0.39, 0.29) is 24.3 Å². The van der Waals surface area contributed by atoms with E-state index < -0.39 is 0 Å². The summed E-state index contributed by atoms with van der Waals surface area (Å²) in [6.45, 7) is 4.25. The molecule has 0 saturated carbocycles. The molecule has 140 valence electrons. The molecule has 1 aliphatic rings. The minimum Gasteiger partial charge on any atom is -0.441 e. The van der Waals surface area contributed by atoms with Gasteiger partial charge in [-0.2, -0.15) is 0 Å². The first-order chi connectivity index (χ1) is 12.5. The number of carbonyl (C=O) groups excluding carboxylic acids is 2. The summed E-state index contributed by atoms with van der Waals surface area (Å²) in [5.41, 5.74) is 8.06. The molecule has 26 heavy (non-hydrogen) atoms. The van der Waals surface area contributed by atoms with Gasteiger partial charge in [-0.1, -0.05) is 6.07 Å². The molecule has 1 aromatic heterocycles. The fourth-order valence-electron chi connectivity index (χ4n) is 3.42. The zero-order chi connectivity index (χ0) is 18.5. The van der Waals surface area contributed by atoms with Gasteiger partial charge in [0.25, 0.3) is 0 Å². The molecule has 0 aliphatic carbocycles. The predicted octanol–water partition coefficient (Wildman–Crippen LogP) is 1.38. The van der Waals surface area contributed by atoms with Crippen molar-refractivity contribution in [2.24, 2.45) is 11.7 Å². The van der Waals surface area contributed by atoms with E-state index in [4.69, 9.17) is 10.2 Å². The average Bonchev–Trinajstić information content (AvgIpc) is 3.00. The number of primary amides is 1. The van der Waals surface area contributed by atoms with E-state index in [1.54, 1.807) is 0 Å². The minimum absolute atomic E-state index is 0.0485. The van der Waals surface area contributed by atoms with Gasteiger partial charge in [0.1, 0.15) is 5.52 Å². The van der Waals surface area contributed by atoms with Gasteiger partial charge >= 0.3 is 0 Å². The highest BCUT2D eigenvalue weighted by Gasteiger charge is 2.26. The fourth-order valence-corrected chi connectivity index (χ4v) is 3.42. The van der Waals surface area contributed by atoms with Crippen molar-refractivity contribution in [1.82, 2.24) is 15.2 Å². The molecule has 0 spiro atoms. The Hall–Kier alpha value is -2.41. The number of fused-ring (bicyclic) bond motifs is 1. The third-order valence-electron chi connectivity index (χ3n) is 4.71. The van der Waals surface area contributed by atoms with Gasteiger partial charge < -0.3 is 15.5 Å². The van der Waals surface area contributed by atoms with Crippen molar-refractivity contribution in [3.8, 4) is 0 Å². The van der Waals surface area contributed by atoms with Crippen LogP contribution in [0.3, 0.4) is 0 Å². The quantitative estimate of drug-likeness (QED) is 0.728. The van der Waals surface area contributed by atoms with Crippen molar-refractivity contribution in [2.75, 3.05) is 26.2 Å². The van der Waals surface area contributed by atoms with Gasteiger partial charge in [-0.25, -0.2) is 4.98 Å². The molecule has 2 amide bonds. The normalized spacial score (nSPS) is 18.1. The molecule has 0 unspecified atom stereocenters. The second kappa shape index (κ2) is 8.31. The number of nitrogens with two attached hydrogens (primary N) is 1. The first kappa shape index (κ1) is 18.4. The Kier molecular flexibility index (Phi) is 5.88. The minimum atomic E-state index is -0.348. The van der Waals surface area contributed by atoms with Crippen LogP contribution in [0.5, 0.6) is 0 Å². The molecule has 1 fully saturated rings. The molecule has 0 bridgehead atoms. The number of rotatable bonds is 7. The van der Waals surface area contributed by atoms with Crippen molar-refractivity contribution in [1.29, 1.82) is 0 Å². The summed E-state index contributed by atoms with van der Waals surface area (Å²) in [6.07, 6.45) is 3.22. The Morgan fingerprint density at radius 3 is 3.08 bits per heavy atom. The van der Waals surface area contributed by atoms with Gasteiger partial charge in [-0.3, -0.25) is 14.5 Å². The van der Waals surface area contributed by atoms with E-state index in [2.05, 4.69) is 10.3 Å². The summed E-state index contributed by atoms with van der Waals surface area (Å²) in [5, 5.41) is 2.99. The van der Waals surface area contributed by atoms with Gasteiger partial charge in [0.05, 0.1) is 12.5 Å². The molecule has 1 saturated heterocycles. The smallest absolute Gasteiger partial charge is 0.231 e. The molecule has 2 heterocycles. The van der Waals surface area contributed by atoms with E-state index in [9.17, 15) is 9.59 Å². The number of likely N-dealkylation sites (tertiary alicyclic amines) is 1. The van der Waals surface area contributed by atoms with E-state index >= 15 is 0 Å². The summed E-state index contributed by atoms with van der Waals surface area (Å²) in [7, 11) is 0. The number of aryl methyl sites for hydroxylation is 2. The van der Waals surface area contributed by atoms with E-state index in [0.717, 1.165) is 42.5 Å². The van der Waals surface area contributed by atoms with Crippen molar-refractivity contribution in [3.63, 3.8) is 0 Å². The zero-order valence-electron chi connectivity index (χ0n) is 15.2. The first-order valence-electron chi connectivity index (χ1n) is 9.15. The number of benzene rings is 1. The molecule has 7 nitrogen and oxygen atoms in total. The SMILES string of the molecule is Cc1ccc2nc(CCCNC(=O)[C@@H]3CCCN(CC(N)=O)C3)oc2c1. The molecule has 1 aromatic carbocycles. The molecular formula is C19H26N4O3. The highest BCUT2D eigenvalue weighted by molar-refractivity contribution is 5.79. The number of carbonyl (C=O) groups is 2. The monoisotopic (exact) mass is 358 g/mol. The zero-order valence-corrected chi connectivity index (χ0v) is 15.2. The lowest BCUT2D eigenvalue weighted by atomic mass is 9.97. The third-order valence-corrected chi connectivity index (χ3v) is 4.71. The van der Waals surface area contributed by atoms with Crippen molar-refractivity contribution >= 4 is 22.9 Å². The Morgan fingerprint density at radius 2 is 2.27 bits per heavy atom. The predicted molar refractivity (Wildman–Crippen MR) is 98.4 cm³/mol. The number of aromatic nitrogens is 1. The van der Waals surface area contributed by atoms with Crippen molar-refractivity contribution in [3.05, 3.63) is 29.7 Å². The Morgan fingerprint density at radius 1 is 1.42 bits per heavy atom. The lowest BCUT2D eigenvalue weighted by Gasteiger charge is -2.30. The van der Waals surface area contributed by atoms with Crippen LogP contribution in [0.15, 0.2) is 22.6 Å². The summed E-state index contributed by atoms with van der Waals surface area (Å²) in [6, 6.07) is 5.95. The number of piperidine rings is 1. The van der Waals surface area contributed by atoms with Crippen LogP contribution in [0.2, 0.25) is 0 Å². The van der Waals surface area contributed by atoms with Gasteiger partial charge in [-0.05, 0) is 50.4 Å². The van der Waals surface area contributed by atoms with Gasteiger partial charge in [0.2, 0.25) is 11.8 Å². The van der Waals surface area contributed by atoms with Crippen LogP contribution in [0, 0.1) is 12.8 Å². The van der Waals surface area contributed by atoms with Crippen LogP contribution >= 0.6 is 0 Å². The average molecular weight is 358 g/mol. The second-order valence-corrected chi connectivity index (χ2v) is 7.01. The molecule has 3 rings (SSSR count). The molecule has 2 aromatic rings. The van der Waals surface area contributed by atoms with Crippen LogP contribution in [-0.2, 0) is 16.0 Å². The second-order valence-electron chi connectivity index (χ2n) is 7.01. The van der Waals surface area contributed by atoms with Crippen LogP contribution < -0.4 is 11.1 Å². The topological polar surface area (TPSA) is 101 Å². The maximum absolute atomic E-state index is 12.3. The highest BCUT2D eigenvalue weighted by Crippen LogP contribution is 2.18. The Bertz CT molecular complexity index is 786. The summed E-state index contributed by atoms with van der Waals surface area (Å²) in [5.74, 6) is 0.326. The van der Waals surface area contributed by atoms with Crippen LogP contribution in [0.4, 0.5) is 0 Å². The van der Waals surface area contributed by atoms with Crippen molar-refractivity contribution in [2.45, 2.75) is 32.6 Å². The largest absolute Gasteiger partial charge is 0.441 e. The number of nitrogens with one attached hydrogen (secondary N) is 1. The summed E-state index contributed by atoms with van der Waals surface area (Å²) < 4.78 is 5.75. The molecule has 0 radical (unpaired) electrons. The van der Waals surface area contributed by atoms with Crippen LogP contribution in [-0.4, -0.2) is 47.9 Å². The van der Waals surface area contributed by atoms with Gasteiger partial charge in [0.15, 0.2) is 11.5 Å². The maximum Gasteiger partial charge on any atom is 0.231 e. The molecule has 3 N–H and O–H groups in total. The number of oxazole rings is 1. The van der Waals surface area contributed by atoms with Gasteiger partial charge in [0, 0.05) is 19.5 Å². The standard InChI is InChI=1S/C19H26N4O3/c1-13-6-7-15-16(10-13)26-18(22-15)5-2-8-21-19(25)14-4-3-9-23(11-14)12-17(20)24/h6-7,10,14H,2-5,8-9,11-12H2,1H3,(H2,20,24)(H,21,25)/t14-/m1/s1. The van der Waals surface area contributed by atoms with E-state index in [0.29, 0.717) is 25.4 Å². The maximum atomic E-state index is 12.3. The van der Waals surface area contributed by atoms with Crippen LogP contribution in [0.1, 0.15) is 30.7 Å². The van der Waals surface area contributed by atoms with E-state index in [1.807, 2.05) is 30.0 Å². The molecular weight excluding hydrogens is 332 g/mol. The van der Waals surface area contributed by atoms with Crippen molar-refractivity contribution < 1.29 is 14.0 Å². The number of hydrogen-bond acceptors (Lipinski definition) is 5. The summed E-state index contributed by atoms with van der Waals surface area (Å²) in [4.78, 5) is 29.8. The van der Waals surface area contributed by atoms with Gasteiger partial charge in [-0.15, -0.1) is 0 Å². The lowest BCUT2D eigenvalue weighted by molar-refractivity contribution is -0.128. The number of amides is 2.